The zero-order chi connectivity index (χ0) is 19.4. The van der Waals surface area contributed by atoms with E-state index in [1.807, 2.05) is 29.7 Å². The van der Waals surface area contributed by atoms with Gasteiger partial charge in [0.25, 0.3) is 5.91 Å². The number of fused-ring (bicyclic) bond motifs is 1. The Labute approximate surface area is 167 Å². The van der Waals surface area contributed by atoms with Gasteiger partial charge in [-0.3, -0.25) is 9.59 Å². The first-order valence-corrected chi connectivity index (χ1v) is 10.4. The lowest BCUT2D eigenvalue weighted by Crippen LogP contribution is -2.29. The molecule has 0 spiro atoms. The number of rotatable bonds is 7. The molecule has 27 heavy (non-hydrogen) atoms. The maximum atomic E-state index is 12.9. The molecule has 1 amide bonds. The van der Waals surface area contributed by atoms with Crippen LogP contribution in [0.2, 0.25) is 5.02 Å². The summed E-state index contributed by atoms with van der Waals surface area (Å²) in [6.07, 6.45) is 4.87. The van der Waals surface area contributed by atoms with Gasteiger partial charge >= 0.3 is 0 Å². The number of benzene rings is 1. The van der Waals surface area contributed by atoms with E-state index < -0.39 is 0 Å². The second-order valence-electron chi connectivity index (χ2n) is 6.50. The molecule has 142 valence electrons. The highest BCUT2D eigenvalue weighted by Crippen LogP contribution is 2.25. The molecular formula is C21H23ClN2O2S. The lowest BCUT2D eigenvalue weighted by Gasteiger charge is -2.09. The monoisotopic (exact) mass is 402 g/mol. The molecule has 1 aromatic carbocycles. The molecule has 0 unspecified atom stereocenters. The van der Waals surface area contributed by atoms with E-state index in [1.165, 1.54) is 4.88 Å². The molecule has 3 aromatic rings. The Hall–Kier alpha value is -2.11. The van der Waals surface area contributed by atoms with Crippen LogP contribution in [0.3, 0.4) is 0 Å². The number of hydrogen-bond donors (Lipinski definition) is 1. The zero-order valence-electron chi connectivity index (χ0n) is 15.5. The van der Waals surface area contributed by atoms with Gasteiger partial charge in [0.1, 0.15) is 10.4 Å². The smallest absolute Gasteiger partial charge is 0.257 e. The Morgan fingerprint density at radius 1 is 1.22 bits per heavy atom. The number of nitrogens with one attached hydrogen (secondary N) is 1. The van der Waals surface area contributed by atoms with Crippen LogP contribution in [0.25, 0.3) is 10.2 Å². The summed E-state index contributed by atoms with van der Waals surface area (Å²) >= 11 is 7.54. The van der Waals surface area contributed by atoms with Crippen LogP contribution < -0.4 is 10.7 Å². The summed E-state index contributed by atoms with van der Waals surface area (Å²) in [6, 6.07) is 9.23. The number of aryl methyl sites for hydroxylation is 2. The van der Waals surface area contributed by atoms with E-state index in [4.69, 9.17) is 11.6 Å². The number of hydrogen-bond acceptors (Lipinski definition) is 3. The maximum Gasteiger partial charge on any atom is 0.257 e. The second-order valence-corrected chi connectivity index (χ2v) is 8.05. The van der Waals surface area contributed by atoms with Crippen molar-refractivity contribution in [3.63, 3.8) is 0 Å². The number of unbranched alkanes of at least 4 members (excludes halogenated alkanes) is 1. The summed E-state index contributed by atoms with van der Waals surface area (Å²) in [5, 5.41) is 4.14. The number of pyridine rings is 1. The van der Waals surface area contributed by atoms with Crippen molar-refractivity contribution in [1.29, 1.82) is 0 Å². The Kier molecular flexibility index (Phi) is 6.34. The fourth-order valence-corrected chi connectivity index (χ4v) is 4.33. The molecule has 0 radical (unpaired) electrons. The van der Waals surface area contributed by atoms with Crippen LogP contribution in [0.15, 0.2) is 41.3 Å². The lowest BCUT2D eigenvalue weighted by atomic mass is 10.1. The Morgan fingerprint density at radius 2 is 1.96 bits per heavy atom. The molecule has 0 fully saturated rings. The largest absolute Gasteiger partial charge is 0.348 e. The summed E-state index contributed by atoms with van der Waals surface area (Å²) < 4.78 is 1.99. The number of thiophene rings is 1. The minimum atomic E-state index is -0.347. The Morgan fingerprint density at radius 3 is 2.63 bits per heavy atom. The summed E-state index contributed by atoms with van der Waals surface area (Å²) in [6.45, 7) is 5.24. The first-order valence-electron chi connectivity index (χ1n) is 9.22. The zero-order valence-corrected chi connectivity index (χ0v) is 17.1. The fraction of sp³-hybridized carbons (Fsp3) is 0.333. The highest BCUT2D eigenvalue weighted by molar-refractivity contribution is 7.18. The van der Waals surface area contributed by atoms with E-state index in [1.54, 1.807) is 29.7 Å². The lowest BCUT2D eigenvalue weighted by molar-refractivity contribution is 0.0949. The fourth-order valence-electron chi connectivity index (χ4n) is 2.98. The van der Waals surface area contributed by atoms with Crippen molar-refractivity contribution in [3.8, 4) is 0 Å². The third kappa shape index (κ3) is 4.42. The van der Waals surface area contributed by atoms with Gasteiger partial charge in [0, 0.05) is 29.2 Å². The van der Waals surface area contributed by atoms with Crippen LogP contribution >= 0.6 is 22.9 Å². The molecule has 1 N–H and O–H groups in total. The summed E-state index contributed by atoms with van der Waals surface area (Å²) in [5.41, 5.74) is 0.933. The van der Waals surface area contributed by atoms with Gasteiger partial charge in [-0.2, -0.15) is 0 Å². The van der Waals surface area contributed by atoms with Crippen molar-refractivity contribution in [2.24, 2.45) is 0 Å². The Balaban J connectivity index is 1.88. The van der Waals surface area contributed by atoms with Crippen LogP contribution in [0.5, 0.6) is 0 Å². The first-order chi connectivity index (χ1) is 13.0. The van der Waals surface area contributed by atoms with Crippen LogP contribution in [-0.4, -0.2) is 10.5 Å². The van der Waals surface area contributed by atoms with E-state index in [0.717, 1.165) is 29.7 Å². The molecule has 3 rings (SSSR count). The van der Waals surface area contributed by atoms with E-state index in [-0.39, 0.29) is 16.9 Å². The Bertz CT molecular complexity index is 1010. The third-order valence-electron chi connectivity index (χ3n) is 4.53. The summed E-state index contributed by atoms with van der Waals surface area (Å²) in [4.78, 5) is 27.7. The van der Waals surface area contributed by atoms with Gasteiger partial charge < -0.3 is 9.88 Å². The van der Waals surface area contributed by atoms with Crippen LogP contribution in [0, 0.1) is 0 Å². The third-order valence-corrected chi connectivity index (χ3v) is 6.01. The minimum Gasteiger partial charge on any atom is -0.348 e. The molecule has 0 saturated heterocycles. The van der Waals surface area contributed by atoms with Gasteiger partial charge in [-0.15, -0.1) is 11.3 Å². The maximum absolute atomic E-state index is 12.9. The predicted octanol–water partition coefficient (Wildman–Crippen LogP) is 5.01. The molecule has 0 bridgehead atoms. The van der Waals surface area contributed by atoms with Crippen LogP contribution in [0.4, 0.5) is 0 Å². The first kappa shape index (κ1) is 19.6. The van der Waals surface area contributed by atoms with Gasteiger partial charge in [0.15, 0.2) is 0 Å². The van der Waals surface area contributed by atoms with Gasteiger partial charge in [-0.1, -0.05) is 37.1 Å². The van der Waals surface area contributed by atoms with E-state index in [0.29, 0.717) is 23.5 Å². The molecule has 4 nitrogen and oxygen atoms in total. The van der Waals surface area contributed by atoms with Gasteiger partial charge in [-0.25, -0.2) is 0 Å². The normalized spacial score (nSPS) is 11.1. The standard InChI is InChI=1S/C21H23ClN2O2S/c1-3-5-6-16-11-17-19(25)18(13-24(4-2)21(17)27-16)20(26)23-12-14-7-9-15(22)10-8-14/h7-11,13H,3-6,12H2,1-2H3,(H,23,26). The molecule has 0 atom stereocenters. The van der Waals surface area contributed by atoms with Gasteiger partial charge in [0.05, 0.1) is 5.39 Å². The van der Waals surface area contributed by atoms with Gasteiger partial charge in [-0.05, 0) is 43.5 Å². The van der Waals surface area contributed by atoms with Gasteiger partial charge in [0.2, 0.25) is 5.43 Å². The summed E-state index contributed by atoms with van der Waals surface area (Å²) in [5.74, 6) is -0.347. The average Bonchev–Trinajstić information content (AvgIpc) is 3.11. The number of amides is 1. The molecular weight excluding hydrogens is 380 g/mol. The minimum absolute atomic E-state index is 0.192. The number of aromatic nitrogens is 1. The number of nitrogens with zero attached hydrogens (tertiary/aromatic N) is 1. The summed E-state index contributed by atoms with van der Waals surface area (Å²) in [7, 11) is 0. The molecule has 2 heterocycles. The van der Waals surface area contributed by atoms with Crippen molar-refractivity contribution in [2.75, 3.05) is 0 Å². The molecule has 0 aliphatic heterocycles. The number of carbonyl (C=O) groups excluding carboxylic acids is 1. The van der Waals surface area contributed by atoms with Crippen molar-refractivity contribution in [3.05, 3.63) is 67.8 Å². The number of halogens is 1. The van der Waals surface area contributed by atoms with Crippen molar-refractivity contribution < 1.29 is 4.79 Å². The van der Waals surface area contributed by atoms with E-state index in [9.17, 15) is 9.59 Å². The predicted molar refractivity (Wildman–Crippen MR) is 113 cm³/mol. The quantitative estimate of drug-likeness (QED) is 0.604. The molecule has 0 saturated carbocycles. The van der Waals surface area contributed by atoms with Crippen molar-refractivity contribution in [2.45, 2.75) is 46.2 Å². The SMILES string of the molecule is CCCCc1cc2c(=O)c(C(=O)NCc3ccc(Cl)cc3)cn(CC)c2s1. The molecule has 0 aliphatic carbocycles. The van der Waals surface area contributed by atoms with E-state index in [2.05, 4.69) is 12.2 Å². The molecule has 6 heteroatoms. The van der Waals surface area contributed by atoms with E-state index >= 15 is 0 Å². The topological polar surface area (TPSA) is 51.1 Å². The van der Waals surface area contributed by atoms with Crippen molar-refractivity contribution >= 4 is 39.1 Å². The number of carbonyl (C=O) groups is 1. The highest BCUT2D eigenvalue weighted by atomic mass is 35.5. The van der Waals surface area contributed by atoms with Crippen molar-refractivity contribution in [1.82, 2.24) is 9.88 Å². The molecule has 0 aliphatic rings. The second kappa shape index (κ2) is 8.72. The van der Waals surface area contributed by atoms with Crippen LogP contribution in [-0.2, 0) is 19.5 Å². The average molecular weight is 403 g/mol. The highest BCUT2D eigenvalue weighted by Gasteiger charge is 2.17. The van der Waals surface area contributed by atoms with Crippen LogP contribution in [0.1, 0.15) is 47.5 Å². The molecule has 2 aromatic heterocycles.